The highest BCUT2D eigenvalue weighted by Gasteiger charge is 2.17. The van der Waals surface area contributed by atoms with Crippen LogP contribution in [0.4, 0.5) is 0 Å². The Morgan fingerprint density at radius 3 is 2.32 bits per heavy atom. The number of hydrogen-bond donors (Lipinski definition) is 1. The highest BCUT2D eigenvalue weighted by atomic mass is 35.5. The second-order valence-corrected chi connectivity index (χ2v) is 11.5. The number of aryl methyl sites for hydroxylation is 1. The molecule has 0 atom stereocenters. The number of nitrogens with zero attached hydrogens (tertiary/aromatic N) is 2. The van der Waals surface area contributed by atoms with Gasteiger partial charge in [-0.15, -0.1) is 11.8 Å². The van der Waals surface area contributed by atoms with Crippen LogP contribution in [0.5, 0.6) is 0 Å². The number of oxime groups is 1. The van der Waals surface area contributed by atoms with Crippen molar-refractivity contribution in [3.63, 3.8) is 0 Å². The molecule has 4 aromatic carbocycles. The van der Waals surface area contributed by atoms with Crippen LogP contribution in [0.1, 0.15) is 46.8 Å². The summed E-state index contributed by atoms with van der Waals surface area (Å²) in [4.78, 5) is 14.6. The van der Waals surface area contributed by atoms with E-state index in [0.717, 1.165) is 55.0 Å². The van der Waals surface area contributed by atoms with Gasteiger partial charge in [0, 0.05) is 61.6 Å². The Morgan fingerprint density at radius 1 is 0.951 bits per heavy atom. The molecule has 0 saturated heterocycles. The summed E-state index contributed by atoms with van der Waals surface area (Å²) in [5.41, 5.74) is 5.92. The van der Waals surface area contributed by atoms with Crippen molar-refractivity contribution >= 4 is 56.7 Å². The minimum atomic E-state index is 0.00664. The zero-order chi connectivity index (χ0) is 28.8. The number of hydrogen-bond acceptors (Lipinski definition) is 5. The van der Waals surface area contributed by atoms with Crippen molar-refractivity contribution < 1.29 is 14.7 Å². The molecule has 0 radical (unpaired) electrons. The lowest BCUT2D eigenvalue weighted by Gasteiger charge is -2.09. The molecule has 41 heavy (non-hydrogen) atoms. The Morgan fingerprint density at radius 2 is 1.63 bits per heavy atom. The second kappa shape index (κ2) is 13.4. The molecule has 1 heterocycles. The normalized spacial score (nSPS) is 11.9. The first-order chi connectivity index (χ1) is 20.0. The Labute approximate surface area is 249 Å². The first-order valence-electron chi connectivity index (χ1n) is 13.8. The number of thioether (sulfide) groups is 1. The molecular weight excluding hydrogens is 552 g/mol. The van der Waals surface area contributed by atoms with Gasteiger partial charge in [0.1, 0.15) is 0 Å². The summed E-state index contributed by atoms with van der Waals surface area (Å²) in [5.74, 6) is 0.900. The molecule has 0 aliphatic heterocycles. The van der Waals surface area contributed by atoms with Gasteiger partial charge in [0.05, 0.1) is 12.3 Å². The summed E-state index contributed by atoms with van der Waals surface area (Å²) in [7, 11) is 0. The molecular formula is C34H33ClN2O3S. The molecule has 5 aromatic rings. The SMILES string of the molecule is CCOCCn1c2ccc(C(=O)c3ccccc3C)cc2c2cc(/C(CCCSc3ccc(Cl)cc3)=N\O)ccc21. The van der Waals surface area contributed by atoms with Crippen LogP contribution in [0.25, 0.3) is 21.8 Å². The topological polar surface area (TPSA) is 63.8 Å². The molecule has 1 aromatic heterocycles. The smallest absolute Gasteiger partial charge is 0.193 e. The summed E-state index contributed by atoms with van der Waals surface area (Å²) in [6.45, 7) is 5.90. The van der Waals surface area contributed by atoms with Gasteiger partial charge in [-0.2, -0.15) is 0 Å². The highest BCUT2D eigenvalue weighted by molar-refractivity contribution is 7.99. The quantitative estimate of drug-likeness (QED) is 0.0397. The fourth-order valence-electron chi connectivity index (χ4n) is 5.16. The zero-order valence-corrected chi connectivity index (χ0v) is 24.8. The van der Waals surface area contributed by atoms with Gasteiger partial charge in [0.2, 0.25) is 0 Å². The molecule has 0 aliphatic carbocycles. The number of carbonyl (C=O) groups excluding carboxylic acids is 1. The molecule has 5 rings (SSSR count). The van der Waals surface area contributed by atoms with Gasteiger partial charge in [-0.1, -0.05) is 47.1 Å². The van der Waals surface area contributed by atoms with Crippen molar-refractivity contribution in [2.24, 2.45) is 5.16 Å². The maximum Gasteiger partial charge on any atom is 0.193 e. The summed E-state index contributed by atoms with van der Waals surface area (Å²) in [6, 6.07) is 27.6. The largest absolute Gasteiger partial charge is 0.411 e. The van der Waals surface area contributed by atoms with Crippen LogP contribution in [0.15, 0.2) is 95.0 Å². The van der Waals surface area contributed by atoms with Gasteiger partial charge >= 0.3 is 0 Å². The number of rotatable bonds is 12. The number of fused-ring (bicyclic) bond motifs is 3. The Balaban J connectivity index is 1.46. The number of halogens is 1. The number of benzene rings is 4. The predicted octanol–water partition coefficient (Wildman–Crippen LogP) is 8.77. The van der Waals surface area contributed by atoms with E-state index in [9.17, 15) is 10.0 Å². The van der Waals surface area contributed by atoms with E-state index < -0.39 is 0 Å². The minimum Gasteiger partial charge on any atom is -0.411 e. The summed E-state index contributed by atoms with van der Waals surface area (Å²) < 4.78 is 7.91. The molecule has 1 N–H and O–H groups in total. The van der Waals surface area contributed by atoms with E-state index in [1.807, 2.05) is 86.6 Å². The van der Waals surface area contributed by atoms with Gasteiger partial charge in [-0.05, 0) is 92.6 Å². The van der Waals surface area contributed by atoms with E-state index in [-0.39, 0.29) is 5.78 Å². The molecule has 210 valence electrons. The third-order valence-corrected chi connectivity index (χ3v) is 8.62. The molecule has 7 heteroatoms. The average Bonchev–Trinajstić information content (AvgIpc) is 3.30. The third-order valence-electron chi connectivity index (χ3n) is 7.27. The fourth-order valence-corrected chi connectivity index (χ4v) is 6.14. The van der Waals surface area contributed by atoms with Gasteiger partial charge in [0.25, 0.3) is 0 Å². The van der Waals surface area contributed by atoms with Crippen LogP contribution >= 0.6 is 23.4 Å². The first kappa shape index (κ1) is 28.9. The Hall–Kier alpha value is -3.58. The lowest BCUT2D eigenvalue weighted by atomic mass is 9.97. The monoisotopic (exact) mass is 584 g/mol. The molecule has 0 amide bonds. The standard InChI is InChI=1S/C34H33ClN2O3S/c1-3-40-19-18-37-32-16-10-24(31(36-39)9-6-20-41-27-14-12-26(35)13-15-27)21-29(32)30-22-25(11-17-33(30)37)34(38)28-8-5-4-7-23(28)2/h4-5,7-8,10-17,21-22,39H,3,6,9,18-20H2,1-2H3/b36-31-. The summed E-state index contributed by atoms with van der Waals surface area (Å²) in [6.07, 6.45) is 1.50. The number of aromatic nitrogens is 1. The lowest BCUT2D eigenvalue weighted by molar-refractivity contribution is 0.103. The number of ketones is 1. The fraction of sp³-hybridized carbons (Fsp3) is 0.235. The van der Waals surface area contributed by atoms with E-state index in [1.165, 1.54) is 0 Å². The third kappa shape index (κ3) is 6.51. The van der Waals surface area contributed by atoms with Crippen LogP contribution < -0.4 is 0 Å². The maximum absolute atomic E-state index is 13.5. The van der Waals surface area contributed by atoms with Crippen LogP contribution in [-0.2, 0) is 11.3 Å². The summed E-state index contributed by atoms with van der Waals surface area (Å²) in [5, 5.41) is 16.3. The first-order valence-corrected chi connectivity index (χ1v) is 15.2. The van der Waals surface area contributed by atoms with Crippen LogP contribution in [0, 0.1) is 6.92 Å². The van der Waals surface area contributed by atoms with Gasteiger partial charge in [-0.3, -0.25) is 4.79 Å². The van der Waals surface area contributed by atoms with Crippen molar-refractivity contribution in [1.29, 1.82) is 0 Å². The number of carbonyl (C=O) groups is 1. The van der Waals surface area contributed by atoms with E-state index in [0.29, 0.717) is 43.0 Å². The zero-order valence-electron chi connectivity index (χ0n) is 23.3. The molecule has 0 spiro atoms. The van der Waals surface area contributed by atoms with E-state index in [1.54, 1.807) is 11.8 Å². The minimum absolute atomic E-state index is 0.00664. The van der Waals surface area contributed by atoms with Crippen LogP contribution in [0.2, 0.25) is 5.02 Å². The highest BCUT2D eigenvalue weighted by Crippen LogP contribution is 2.32. The van der Waals surface area contributed by atoms with Gasteiger partial charge in [-0.25, -0.2) is 0 Å². The van der Waals surface area contributed by atoms with Crippen molar-refractivity contribution in [2.75, 3.05) is 19.0 Å². The number of ether oxygens (including phenoxy) is 1. The van der Waals surface area contributed by atoms with Crippen molar-refractivity contribution in [2.45, 2.75) is 38.1 Å². The molecule has 0 saturated carbocycles. The molecule has 0 fully saturated rings. The maximum atomic E-state index is 13.5. The van der Waals surface area contributed by atoms with Crippen molar-refractivity contribution in [3.05, 3.63) is 112 Å². The Bertz CT molecular complexity index is 1710. The molecule has 5 nitrogen and oxygen atoms in total. The van der Waals surface area contributed by atoms with E-state index >= 15 is 0 Å². The van der Waals surface area contributed by atoms with Gasteiger partial charge < -0.3 is 14.5 Å². The Kier molecular flexibility index (Phi) is 9.45. The average molecular weight is 585 g/mol. The molecule has 0 unspecified atom stereocenters. The second-order valence-electron chi connectivity index (χ2n) is 9.91. The van der Waals surface area contributed by atoms with Crippen LogP contribution in [-0.4, -0.2) is 40.2 Å². The molecule has 0 aliphatic rings. The van der Waals surface area contributed by atoms with E-state index in [4.69, 9.17) is 16.3 Å². The van der Waals surface area contributed by atoms with Crippen LogP contribution in [0.3, 0.4) is 0 Å². The van der Waals surface area contributed by atoms with Crippen molar-refractivity contribution in [1.82, 2.24) is 4.57 Å². The van der Waals surface area contributed by atoms with Gasteiger partial charge in [0.15, 0.2) is 5.78 Å². The molecule has 0 bridgehead atoms. The lowest BCUT2D eigenvalue weighted by Crippen LogP contribution is -2.06. The van der Waals surface area contributed by atoms with Crippen molar-refractivity contribution in [3.8, 4) is 0 Å². The van der Waals surface area contributed by atoms with E-state index in [2.05, 4.69) is 21.9 Å². The predicted molar refractivity (Wildman–Crippen MR) is 170 cm³/mol. The summed E-state index contributed by atoms with van der Waals surface area (Å²) >= 11 is 7.75.